The molecule has 8 aromatic carbocycles. The smallest absolute Gasteiger partial charge is 0.159 e. The summed E-state index contributed by atoms with van der Waals surface area (Å²) >= 11 is 1.86. The number of thiophene rings is 1. The molecule has 4 aromatic heterocycles. The monoisotopic (exact) mass is 718 g/mol. The molecule has 0 spiro atoms. The zero-order valence-electron chi connectivity index (χ0n) is 29.5. The van der Waals surface area contributed by atoms with Crippen LogP contribution in [0.15, 0.2) is 186 Å². The van der Waals surface area contributed by atoms with E-state index in [9.17, 15) is 0 Å². The number of furan rings is 1. The molecule has 0 atom stereocenters. The fourth-order valence-corrected chi connectivity index (χ4v) is 9.82. The van der Waals surface area contributed by atoms with Crippen LogP contribution in [-0.4, -0.2) is 9.55 Å². The molecular formula is C51H30N2OS. The first-order chi connectivity index (χ1) is 27.3. The lowest BCUT2D eigenvalue weighted by atomic mass is 9.91. The number of fused-ring (bicyclic) bond motifs is 10. The van der Waals surface area contributed by atoms with Crippen molar-refractivity contribution in [3.05, 3.63) is 182 Å². The maximum atomic E-state index is 7.16. The van der Waals surface area contributed by atoms with Gasteiger partial charge in [-0.3, -0.25) is 0 Å². The fraction of sp³-hybridized carbons (Fsp3) is 0. The average molecular weight is 719 g/mol. The SMILES string of the molecule is c1ccc(-c2cc(-c3cc(-c4ccccc4)nc4ccccc34)c3c(c2)oc2c(-n4c5ccccc5c5cc6c(cc54)sc4ccccc46)cccc23)cc1. The van der Waals surface area contributed by atoms with Gasteiger partial charge in [-0.1, -0.05) is 127 Å². The molecule has 256 valence electrons. The van der Waals surface area contributed by atoms with E-state index in [2.05, 4.69) is 187 Å². The van der Waals surface area contributed by atoms with Crippen LogP contribution in [0, 0.1) is 0 Å². The molecule has 0 saturated carbocycles. The molecule has 0 radical (unpaired) electrons. The molecule has 55 heavy (non-hydrogen) atoms. The van der Waals surface area contributed by atoms with Crippen LogP contribution in [0.2, 0.25) is 0 Å². The third-order valence-corrected chi connectivity index (χ3v) is 12.3. The summed E-state index contributed by atoms with van der Waals surface area (Å²) in [5.74, 6) is 0. The van der Waals surface area contributed by atoms with Crippen molar-refractivity contribution < 1.29 is 4.42 Å². The van der Waals surface area contributed by atoms with Crippen LogP contribution < -0.4 is 0 Å². The van der Waals surface area contributed by atoms with Gasteiger partial charge >= 0.3 is 0 Å². The molecular weight excluding hydrogens is 689 g/mol. The quantitative estimate of drug-likeness (QED) is 0.181. The highest BCUT2D eigenvalue weighted by molar-refractivity contribution is 7.25. The Hall–Kier alpha value is -7.01. The number of para-hydroxylation sites is 3. The van der Waals surface area contributed by atoms with E-state index < -0.39 is 0 Å². The van der Waals surface area contributed by atoms with E-state index in [0.29, 0.717) is 0 Å². The molecule has 12 rings (SSSR count). The summed E-state index contributed by atoms with van der Waals surface area (Å²) in [7, 11) is 0. The third kappa shape index (κ3) is 4.59. The van der Waals surface area contributed by atoms with Gasteiger partial charge in [-0.2, -0.15) is 0 Å². The Morgan fingerprint density at radius 3 is 2.00 bits per heavy atom. The van der Waals surface area contributed by atoms with Gasteiger partial charge in [-0.15, -0.1) is 11.3 Å². The molecule has 0 N–H and O–H groups in total. The molecule has 4 heteroatoms. The molecule has 0 saturated heterocycles. The van der Waals surface area contributed by atoms with Gasteiger partial charge in [0, 0.05) is 52.7 Å². The van der Waals surface area contributed by atoms with Gasteiger partial charge in [-0.25, -0.2) is 4.98 Å². The van der Waals surface area contributed by atoms with Crippen molar-refractivity contribution in [2.24, 2.45) is 0 Å². The Morgan fingerprint density at radius 1 is 0.436 bits per heavy atom. The van der Waals surface area contributed by atoms with Gasteiger partial charge in [-0.05, 0) is 76.9 Å². The maximum absolute atomic E-state index is 7.16. The molecule has 4 heterocycles. The topological polar surface area (TPSA) is 31.0 Å². The Morgan fingerprint density at radius 2 is 1.15 bits per heavy atom. The van der Waals surface area contributed by atoms with Crippen molar-refractivity contribution in [1.82, 2.24) is 9.55 Å². The summed E-state index contributed by atoms with van der Waals surface area (Å²) in [4.78, 5) is 5.16. The number of rotatable bonds is 4. The second kappa shape index (κ2) is 11.7. The number of benzene rings is 8. The van der Waals surface area contributed by atoms with Crippen LogP contribution in [0.4, 0.5) is 0 Å². The predicted octanol–water partition coefficient (Wildman–Crippen LogP) is 14.6. The van der Waals surface area contributed by atoms with E-state index in [0.717, 1.165) is 77.6 Å². The maximum Gasteiger partial charge on any atom is 0.159 e. The van der Waals surface area contributed by atoms with Gasteiger partial charge in [0.05, 0.1) is 27.9 Å². The van der Waals surface area contributed by atoms with E-state index in [1.807, 2.05) is 11.3 Å². The highest BCUT2D eigenvalue weighted by Gasteiger charge is 2.23. The second-order valence-electron chi connectivity index (χ2n) is 14.3. The minimum absolute atomic E-state index is 0.855. The van der Waals surface area contributed by atoms with Crippen LogP contribution in [0.3, 0.4) is 0 Å². The van der Waals surface area contributed by atoms with E-state index >= 15 is 0 Å². The number of hydrogen-bond donors (Lipinski definition) is 0. The summed E-state index contributed by atoms with van der Waals surface area (Å²) in [6.07, 6.45) is 0. The number of aromatic nitrogens is 2. The summed E-state index contributed by atoms with van der Waals surface area (Å²) in [6, 6.07) is 65.2. The van der Waals surface area contributed by atoms with Crippen molar-refractivity contribution >= 4 is 86.2 Å². The van der Waals surface area contributed by atoms with Gasteiger partial charge in [0.15, 0.2) is 5.58 Å². The van der Waals surface area contributed by atoms with Crippen LogP contribution in [0.25, 0.3) is 114 Å². The van der Waals surface area contributed by atoms with Crippen LogP contribution in [0.1, 0.15) is 0 Å². The Labute approximate surface area is 320 Å². The van der Waals surface area contributed by atoms with Crippen molar-refractivity contribution in [2.45, 2.75) is 0 Å². The van der Waals surface area contributed by atoms with Gasteiger partial charge in [0.1, 0.15) is 5.58 Å². The van der Waals surface area contributed by atoms with E-state index in [1.54, 1.807) is 0 Å². The first kappa shape index (κ1) is 30.5. The van der Waals surface area contributed by atoms with Crippen LogP contribution in [0.5, 0.6) is 0 Å². The minimum atomic E-state index is 0.855. The predicted molar refractivity (Wildman–Crippen MR) is 233 cm³/mol. The Kier molecular flexibility index (Phi) is 6.50. The number of nitrogens with zero attached hydrogens (tertiary/aromatic N) is 2. The number of hydrogen-bond acceptors (Lipinski definition) is 3. The van der Waals surface area contributed by atoms with Crippen molar-refractivity contribution in [3.8, 4) is 39.2 Å². The van der Waals surface area contributed by atoms with E-state index in [1.165, 1.54) is 36.5 Å². The van der Waals surface area contributed by atoms with Gasteiger partial charge in [0.2, 0.25) is 0 Å². The first-order valence-corrected chi connectivity index (χ1v) is 19.4. The second-order valence-corrected chi connectivity index (χ2v) is 15.4. The largest absolute Gasteiger partial charge is 0.454 e. The molecule has 3 nitrogen and oxygen atoms in total. The minimum Gasteiger partial charge on any atom is -0.454 e. The molecule has 0 fully saturated rings. The van der Waals surface area contributed by atoms with Crippen molar-refractivity contribution in [1.29, 1.82) is 0 Å². The highest BCUT2D eigenvalue weighted by Crippen LogP contribution is 2.46. The number of pyridine rings is 1. The van der Waals surface area contributed by atoms with Crippen LogP contribution >= 0.6 is 11.3 Å². The van der Waals surface area contributed by atoms with Crippen molar-refractivity contribution in [2.75, 3.05) is 0 Å². The standard InChI is InChI=1S/C51H30N2OS/c1-3-14-31(15-4-1)33-26-41(38-29-43(32-16-5-2-6-17-32)52-42-22-10-7-18-34(38)42)50-37-21-13-24-45(51(37)54-47(50)27-33)53-44-23-11-8-19-35(44)39-28-40-36-20-9-12-25-48(36)55-49(40)30-46(39)53/h1-30H. The molecule has 12 aromatic rings. The molecule has 0 unspecified atom stereocenters. The lowest BCUT2D eigenvalue weighted by Crippen LogP contribution is -1.94. The summed E-state index contributed by atoms with van der Waals surface area (Å²) in [5, 5.41) is 8.36. The molecule has 0 amide bonds. The Balaban J connectivity index is 1.19. The van der Waals surface area contributed by atoms with Crippen LogP contribution in [-0.2, 0) is 0 Å². The third-order valence-electron chi connectivity index (χ3n) is 11.2. The zero-order chi connectivity index (χ0) is 36.0. The molecule has 0 bridgehead atoms. The van der Waals surface area contributed by atoms with Gasteiger partial charge < -0.3 is 8.98 Å². The first-order valence-electron chi connectivity index (χ1n) is 18.6. The highest BCUT2D eigenvalue weighted by atomic mass is 32.1. The van der Waals surface area contributed by atoms with E-state index in [-0.39, 0.29) is 0 Å². The normalized spacial score (nSPS) is 12.0. The molecule has 0 aliphatic heterocycles. The summed E-state index contributed by atoms with van der Waals surface area (Å²) < 4.78 is 12.2. The summed E-state index contributed by atoms with van der Waals surface area (Å²) in [6.45, 7) is 0. The lowest BCUT2D eigenvalue weighted by Gasteiger charge is -2.13. The molecule has 0 aliphatic rings. The Bertz CT molecular complexity index is 3480. The van der Waals surface area contributed by atoms with Crippen molar-refractivity contribution in [3.63, 3.8) is 0 Å². The zero-order valence-corrected chi connectivity index (χ0v) is 30.3. The summed E-state index contributed by atoms with van der Waals surface area (Å²) in [5.41, 5.74) is 12.6. The van der Waals surface area contributed by atoms with E-state index in [4.69, 9.17) is 9.40 Å². The fourth-order valence-electron chi connectivity index (χ4n) is 8.70. The lowest BCUT2D eigenvalue weighted by molar-refractivity contribution is 0.666. The average Bonchev–Trinajstić information content (AvgIpc) is 3.92. The van der Waals surface area contributed by atoms with Gasteiger partial charge in [0.25, 0.3) is 0 Å². The molecule has 0 aliphatic carbocycles.